The van der Waals surface area contributed by atoms with E-state index in [-0.39, 0.29) is 51.4 Å². The van der Waals surface area contributed by atoms with E-state index in [1.165, 1.54) is 0 Å². The SMILES string of the molecule is O=S(=O)([O-])CC(F)C(F)C(F)C(F)C(F)CCCF.[K+]. The van der Waals surface area contributed by atoms with Gasteiger partial charge < -0.3 is 4.55 Å². The van der Waals surface area contributed by atoms with E-state index in [0.29, 0.717) is 0 Å². The summed E-state index contributed by atoms with van der Waals surface area (Å²) in [5, 5.41) is 0. The fourth-order valence-corrected chi connectivity index (χ4v) is 1.87. The van der Waals surface area contributed by atoms with Gasteiger partial charge in [-0.1, -0.05) is 0 Å². The fourth-order valence-electron chi connectivity index (χ4n) is 1.29. The molecule has 0 N–H and O–H groups in total. The second kappa shape index (κ2) is 10.8. The first-order valence-corrected chi connectivity index (χ1v) is 6.87. The van der Waals surface area contributed by atoms with Crippen molar-refractivity contribution in [1.29, 1.82) is 0 Å². The van der Waals surface area contributed by atoms with E-state index in [0.717, 1.165) is 0 Å². The molecule has 0 amide bonds. The fraction of sp³-hybridized carbons (Fsp3) is 1.00. The minimum Gasteiger partial charge on any atom is -0.748 e. The molecule has 0 saturated heterocycles. The molecule has 0 heterocycles. The molecule has 0 spiro atoms. The van der Waals surface area contributed by atoms with E-state index in [2.05, 4.69) is 0 Å². The molecule has 5 atom stereocenters. The number of rotatable bonds is 9. The summed E-state index contributed by atoms with van der Waals surface area (Å²) in [4.78, 5) is 0. The largest absolute Gasteiger partial charge is 1.00 e. The molecule has 0 aromatic heterocycles. The maximum Gasteiger partial charge on any atom is 1.00 e. The van der Waals surface area contributed by atoms with Crippen LogP contribution in [0.4, 0.5) is 26.3 Å². The van der Waals surface area contributed by atoms with Crippen molar-refractivity contribution in [3.05, 3.63) is 0 Å². The summed E-state index contributed by atoms with van der Waals surface area (Å²) in [6, 6.07) is 0. The zero-order valence-corrected chi connectivity index (χ0v) is 14.6. The maximum absolute atomic E-state index is 13.1. The Morgan fingerprint density at radius 2 is 1.35 bits per heavy atom. The van der Waals surface area contributed by atoms with Gasteiger partial charge in [-0.2, -0.15) is 0 Å². The second-order valence-electron chi connectivity index (χ2n) is 3.92. The molecule has 116 valence electrons. The zero-order valence-electron chi connectivity index (χ0n) is 10.6. The summed E-state index contributed by atoms with van der Waals surface area (Å²) in [6.45, 7) is -0.983. The van der Waals surface area contributed by atoms with Crippen molar-refractivity contribution < 1.29 is 90.7 Å². The van der Waals surface area contributed by atoms with E-state index < -0.39 is 66.2 Å². The minimum absolute atomic E-state index is 0. The van der Waals surface area contributed by atoms with Gasteiger partial charge in [0.05, 0.1) is 22.5 Å². The van der Waals surface area contributed by atoms with Gasteiger partial charge in [0, 0.05) is 0 Å². The van der Waals surface area contributed by atoms with Gasteiger partial charge in [0.15, 0.2) is 18.5 Å². The van der Waals surface area contributed by atoms with Crippen LogP contribution in [0.2, 0.25) is 0 Å². The van der Waals surface area contributed by atoms with E-state index in [4.69, 9.17) is 0 Å². The summed E-state index contributed by atoms with van der Waals surface area (Å²) < 4.78 is 107. The van der Waals surface area contributed by atoms with Gasteiger partial charge in [0.1, 0.15) is 12.3 Å². The molecule has 0 aromatic rings. The van der Waals surface area contributed by atoms with Gasteiger partial charge in [-0.05, 0) is 12.8 Å². The average molecular weight is 354 g/mol. The molecule has 0 bridgehead atoms. The molecule has 0 rings (SSSR count). The molecule has 3 nitrogen and oxygen atoms in total. The first-order chi connectivity index (χ1) is 8.60. The quantitative estimate of drug-likeness (QED) is 0.302. The molecule has 0 aliphatic heterocycles. The molecular weight excluding hydrogens is 341 g/mol. The number of alkyl halides is 6. The molecule has 5 unspecified atom stereocenters. The third-order valence-electron chi connectivity index (χ3n) is 2.28. The number of hydrogen-bond donors (Lipinski definition) is 0. The van der Waals surface area contributed by atoms with E-state index >= 15 is 0 Å². The van der Waals surface area contributed by atoms with Crippen molar-refractivity contribution in [2.75, 3.05) is 12.4 Å². The van der Waals surface area contributed by atoms with Crippen molar-refractivity contribution in [3.8, 4) is 0 Å². The number of halogens is 6. The first-order valence-electron chi connectivity index (χ1n) is 5.30. The Morgan fingerprint density at radius 3 is 1.75 bits per heavy atom. The Hall–Kier alpha value is 1.13. The minimum atomic E-state index is -5.16. The first kappa shape index (κ1) is 23.4. The van der Waals surface area contributed by atoms with E-state index in [1.54, 1.807) is 0 Å². The Morgan fingerprint density at radius 1 is 0.900 bits per heavy atom. The maximum atomic E-state index is 13.1. The van der Waals surface area contributed by atoms with Crippen LogP contribution in [-0.2, 0) is 10.1 Å². The van der Waals surface area contributed by atoms with Crippen LogP contribution in [0.25, 0.3) is 0 Å². The summed E-state index contributed by atoms with van der Waals surface area (Å²) in [5.41, 5.74) is 0. The van der Waals surface area contributed by atoms with Crippen LogP contribution >= 0.6 is 0 Å². The van der Waals surface area contributed by atoms with Gasteiger partial charge in [-0.25, -0.2) is 30.4 Å². The molecule has 0 aliphatic carbocycles. The topological polar surface area (TPSA) is 57.2 Å². The van der Waals surface area contributed by atoms with Gasteiger partial charge in [0.2, 0.25) is 0 Å². The molecule has 0 radical (unpaired) electrons. The molecule has 0 fully saturated rings. The second-order valence-corrected chi connectivity index (χ2v) is 5.37. The van der Waals surface area contributed by atoms with Crippen molar-refractivity contribution in [3.63, 3.8) is 0 Å². The standard InChI is InChI=1S/C9H14F6O3S.K/c10-3-1-2-5(11)7(13)9(15)8(14)6(12)4-19(16,17)18;/h5-9H,1-4H2,(H,16,17,18);/q;+1/p-1. The molecule has 11 heteroatoms. The summed E-state index contributed by atoms with van der Waals surface area (Å²) >= 11 is 0. The Labute approximate surface area is 155 Å². The van der Waals surface area contributed by atoms with Crippen LogP contribution in [0.5, 0.6) is 0 Å². The van der Waals surface area contributed by atoms with Crippen LogP contribution in [-0.4, -0.2) is 56.3 Å². The smallest absolute Gasteiger partial charge is 0.748 e. The van der Waals surface area contributed by atoms with Crippen molar-refractivity contribution in [1.82, 2.24) is 0 Å². The number of hydrogen-bond acceptors (Lipinski definition) is 3. The Balaban J connectivity index is 0. The third kappa shape index (κ3) is 9.21. The van der Waals surface area contributed by atoms with Crippen LogP contribution in [0.1, 0.15) is 12.8 Å². The predicted octanol–water partition coefficient (Wildman–Crippen LogP) is -1.02. The summed E-state index contributed by atoms with van der Waals surface area (Å²) in [5.74, 6) is -1.87. The van der Waals surface area contributed by atoms with Crippen LogP contribution in [0.3, 0.4) is 0 Å². The molecule has 0 aliphatic rings. The van der Waals surface area contributed by atoms with E-state index in [9.17, 15) is 39.3 Å². The average Bonchev–Trinajstić information content (AvgIpc) is 2.30. The molecular formula is C9H13F6KO3S. The normalized spacial score (nSPS) is 19.6. The van der Waals surface area contributed by atoms with Gasteiger partial charge >= 0.3 is 51.4 Å². The van der Waals surface area contributed by atoms with Crippen molar-refractivity contribution >= 4 is 10.1 Å². The summed E-state index contributed by atoms with van der Waals surface area (Å²) in [7, 11) is -5.16. The predicted molar refractivity (Wildman–Crippen MR) is 54.3 cm³/mol. The molecule has 0 aromatic carbocycles. The van der Waals surface area contributed by atoms with Gasteiger partial charge in [-0.15, -0.1) is 0 Å². The Bertz CT molecular complexity index is 358. The Kier molecular flexibility index (Phi) is 12.6. The zero-order chi connectivity index (χ0) is 15.2. The summed E-state index contributed by atoms with van der Waals surface area (Å²) in [6.07, 6.45) is -16.4. The van der Waals surface area contributed by atoms with Crippen molar-refractivity contribution in [2.24, 2.45) is 0 Å². The van der Waals surface area contributed by atoms with Gasteiger partial charge in [0.25, 0.3) is 0 Å². The van der Waals surface area contributed by atoms with E-state index in [1.807, 2.05) is 0 Å². The third-order valence-corrected chi connectivity index (χ3v) is 3.00. The molecule has 0 saturated carbocycles. The van der Waals surface area contributed by atoms with Crippen LogP contribution in [0.15, 0.2) is 0 Å². The monoisotopic (exact) mass is 354 g/mol. The van der Waals surface area contributed by atoms with Gasteiger partial charge in [-0.3, -0.25) is 4.39 Å². The van der Waals surface area contributed by atoms with Crippen LogP contribution < -0.4 is 51.4 Å². The van der Waals surface area contributed by atoms with Crippen LogP contribution in [0, 0.1) is 0 Å². The van der Waals surface area contributed by atoms with Crippen molar-refractivity contribution in [2.45, 2.75) is 43.7 Å². The molecule has 20 heavy (non-hydrogen) atoms.